The third kappa shape index (κ3) is 5.89. The van der Waals surface area contributed by atoms with E-state index in [-0.39, 0.29) is 11.8 Å². The van der Waals surface area contributed by atoms with Crippen molar-refractivity contribution in [3.05, 3.63) is 22.2 Å². The summed E-state index contributed by atoms with van der Waals surface area (Å²) in [6, 6.07) is 2.42. The molecule has 0 unspecified atom stereocenters. The van der Waals surface area contributed by atoms with Crippen LogP contribution < -0.4 is 17.4 Å². The van der Waals surface area contributed by atoms with Gasteiger partial charge in [-0.2, -0.15) is 11.8 Å². The van der Waals surface area contributed by atoms with Crippen LogP contribution in [0.5, 0.6) is 0 Å². The molecule has 1 aliphatic heterocycles. The Hall–Kier alpha value is -0.730. The van der Waals surface area contributed by atoms with Crippen LogP contribution in [0.15, 0.2) is 22.2 Å². The van der Waals surface area contributed by atoms with Crippen molar-refractivity contribution in [2.75, 3.05) is 29.9 Å². The van der Waals surface area contributed by atoms with Gasteiger partial charge in [-0.25, -0.2) is 0 Å². The Labute approximate surface area is 168 Å². The first-order valence-corrected chi connectivity index (χ1v) is 16.0. The molecule has 3 rings (SSSR count). The van der Waals surface area contributed by atoms with Crippen molar-refractivity contribution in [2.24, 2.45) is 5.92 Å². The van der Waals surface area contributed by atoms with Crippen molar-refractivity contribution < 1.29 is 4.79 Å². The summed E-state index contributed by atoms with van der Waals surface area (Å²) in [6.07, 6.45) is 7.96. The number of carbonyl (C=O) groups excluding carboxylic acids is 1. The van der Waals surface area contributed by atoms with Gasteiger partial charge in [0.25, 0.3) is 0 Å². The molecular formula is C18H28InN5OS. The van der Waals surface area contributed by atoms with Gasteiger partial charge in [0, 0.05) is 0 Å². The zero-order valence-electron chi connectivity index (χ0n) is 15.4. The molecule has 26 heavy (non-hydrogen) atoms. The second-order valence-electron chi connectivity index (χ2n) is 6.80. The van der Waals surface area contributed by atoms with E-state index in [1.165, 1.54) is 3.45 Å². The number of thioether (sulfide) groups is 1. The predicted octanol–water partition coefficient (Wildman–Crippen LogP) is 1.21. The van der Waals surface area contributed by atoms with Gasteiger partial charge in [-0.3, -0.25) is 0 Å². The monoisotopic (exact) mass is 477 g/mol. The van der Waals surface area contributed by atoms with Crippen molar-refractivity contribution in [2.45, 2.75) is 38.6 Å². The number of rotatable bonds is 8. The van der Waals surface area contributed by atoms with Gasteiger partial charge in [-0.1, -0.05) is 6.92 Å². The fourth-order valence-corrected chi connectivity index (χ4v) is 9.45. The van der Waals surface area contributed by atoms with Crippen LogP contribution in [-0.4, -0.2) is 68.2 Å². The molecule has 1 fully saturated rings. The molecule has 1 aromatic heterocycles. The topological polar surface area (TPSA) is 78.9 Å². The molecule has 0 atom stereocenters. The number of amides is 1. The summed E-state index contributed by atoms with van der Waals surface area (Å²) in [6.45, 7) is 3.91. The van der Waals surface area contributed by atoms with Gasteiger partial charge in [0.15, 0.2) is 0 Å². The average molecular weight is 477 g/mol. The molecule has 1 amide bonds. The van der Waals surface area contributed by atoms with Gasteiger partial charge in [-0.15, -0.1) is 0 Å². The van der Waals surface area contributed by atoms with Crippen LogP contribution in [-0.2, 0) is 4.79 Å². The number of hydrogen-bond donors (Lipinski definition) is 3. The van der Waals surface area contributed by atoms with Gasteiger partial charge in [0.05, 0.1) is 0 Å². The normalized spacial score (nSPS) is 22.4. The molecule has 0 radical (unpaired) electrons. The summed E-state index contributed by atoms with van der Waals surface area (Å²) in [7, 11) is 0. The Morgan fingerprint density at radius 2 is 2.23 bits per heavy atom. The quantitative estimate of drug-likeness (QED) is 0.489. The van der Waals surface area contributed by atoms with Crippen LogP contribution in [0.25, 0.3) is 0 Å². The molecule has 8 heteroatoms. The summed E-state index contributed by atoms with van der Waals surface area (Å²) in [4.78, 5) is 21.4. The van der Waals surface area contributed by atoms with Crippen LogP contribution >= 0.6 is 11.8 Å². The van der Waals surface area contributed by atoms with Gasteiger partial charge < -0.3 is 0 Å². The molecule has 1 aromatic rings. The SMILES string of the molecule is CCSCCNC(=O)C1CCC(Nc2ncc[c]([In]3[CH]=CC[NH]3)n2)CC1. The van der Waals surface area contributed by atoms with Gasteiger partial charge in [-0.05, 0) is 5.75 Å². The maximum absolute atomic E-state index is 12.2. The fourth-order valence-electron chi connectivity index (χ4n) is 3.50. The molecule has 1 saturated carbocycles. The Balaban J connectivity index is 1.43. The van der Waals surface area contributed by atoms with Crippen LogP contribution in [0.3, 0.4) is 0 Å². The van der Waals surface area contributed by atoms with Crippen LogP contribution in [0.1, 0.15) is 32.6 Å². The standard InChI is InChI=1S/C15H23N4OS.C3H5N.In/c1-2-21-11-10-16-14(20)12-4-6-13(7-5-12)19-15-17-8-3-9-18-15;1-2-3-4;/h3,8,12-13H,2,4-7,10-11H2,1H3,(H,16,20)(H,17,18,19);1-2,4H,3H2;/q;-1;+1. The van der Waals surface area contributed by atoms with E-state index >= 15 is 0 Å². The van der Waals surface area contributed by atoms with Crippen LogP contribution in [0.2, 0.25) is 0 Å². The first kappa shape index (κ1) is 20.0. The van der Waals surface area contributed by atoms with Crippen LogP contribution in [0, 0.1) is 5.92 Å². The summed E-state index contributed by atoms with van der Waals surface area (Å²) in [5.41, 5.74) is 0. The molecule has 0 bridgehead atoms. The predicted molar refractivity (Wildman–Crippen MR) is 110 cm³/mol. The number of aromatic nitrogens is 2. The third-order valence-corrected chi connectivity index (χ3v) is 12.4. The van der Waals surface area contributed by atoms with E-state index in [1.807, 2.05) is 24.0 Å². The molecule has 0 aromatic carbocycles. The van der Waals surface area contributed by atoms with Crippen molar-refractivity contribution in [1.29, 1.82) is 0 Å². The third-order valence-electron chi connectivity index (χ3n) is 4.96. The second kappa shape index (κ2) is 10.6. The zero-order valence-corrected chi connectivity index (χ0v) is 19.5. The van der Waals surface area contributed by atoms with E-state index in [9.17, 15) is 4.79 Å². The summed E-state index contributed by atoms with van der Waals surface area (Å²) >= 11 is -0.105. The Morgan fingerprint density at radius 3 is 2.96 bits per heavy atom. The minimum atomic E-state index is -1.97. The van der Waals surface area contributed by atoms with Gasteiger partial charge >= 0.3 is 144 Å². The molecule has 140 valence electrons. The van der Waals surface area contributed by atoms with E-state index in [0.717, 1.165) is 56.2 Å². The maximum atomic E-state index is 12.2. The molecular weight excluding hydrogens is 449 g/mol. The molecule has 2 heterocycles. The van der Waals surface area contributed by atoms with Gasteiger partial charge in [0.1, 0.15) is 0 Å². The molecule has 0 saturated heterocycles. The average Bonchev–Trinajstić information content (AvgIpc) is 3.21. The summed E-state index contributed by atoms with van der Waals surface area (Å²) < 4.78 is 7.13. The second-order valence-corrected chi connectivity index (χ2v) is 14.9. The van der Waals surface area contributed by atoms with Crippen molar-refractivity contribution in [1.82, 2.24) is 18.6 Å². The number of nitrogens with one attached hydrogen (secondary N) is 3. The van der Waals surface area contributed by atoms with E-state index in [0.29, 0.717) is 6.04 Å². The molecule has 1 aliphatic carbocycles. The van der Waals surface area contributed by atoms with Crippen LogP contribution in [0.4, 0.5) is 5.95 Å². The summed E-state index contributed by atoms with van der Waals surface area (Å²) in [5, 5.41) is 6.57. The fraction of sp³-hybridized carbons (Fsp3) is 0.611. The Bertz CT molecular complexity index is 621. The number of hydrogen-bond acceptors (Lipinski definition) is 6. The van der Waals surface area contributed by atoms with Crippen molar-refractivity contribution in [3.63, 3.8) is 0 Å². The first-order chi connectivity index (χ1) is 12.8. The molecule has 3 N–H and O–H groups in total. The number of carbonyl (C=O) groups is 1. The van der Waals surface area contributed by atoms with Gasteiger partial charge in [0.2, 0.25) is 0 Å². The minimum absolute atomic E-state index is 0.163. The summed E-state index contributed by atoms with van der Waals surface area (Å²) in [5.74, 6) is 3.24. The number of nitrogens with zero attached hydrogens (tertiary/aromatic N) is 2. The molecule has 2 aliphatic rings. The Morgan fingerprint density at radius 1 is 1.38 bits per heavy atom. The van der Waals surface area contributed by atoms with Crippen molar-refractivity contribution >= 4 is 48.8 Å². The van der Waals surface area contributed by atoms with E-state index in [4.69, 9.17) is 4.98 Å². The van der Waals surface area contributed by atoms with Crippen molar-refractivity contribution in [3.8, 4) is 0 Å². The molecule has 6 nitrogen and oxygen atoms in total. The van der Waals surface area contributed by atoms with E-state index in [2.05, 4.69) is 35.8 Å². The molecule has 0 spiro atoms. The first-order valence-electron chi connectivity index (χ1n) is 9.61. The zero-order chi connectivity index (χ0) is 18.2. The van der Waals surface area contributed by atoms with E-state index in [1.54, 1.807) is 0 Å². The Kier molecular flexibility index (Phi) is 8.13. The number of anilines is 1. The van der Waals surface area contributed by atoms with E-state index < -0.39 is 21.7 Å².